The van der Waals surface area contributed by atoms with Crippen molar-refractivity contribution in [1.29, 1.82) is 0 Å². The number of anilines is 1. The lowest BCUT2D eigenvalue weighted by molar-refractivity contribution is -0.116. The van der Waals surface area contributed by atoms with Crippen LogP contribution in [0.5, 0.6) is 0 Å². The average Bonchev–Trinajstić information content (AvgIpc) is 2.67. The van der Waals surface area contributed by atoms with Crippen LogP contribution in [0.1, 0.15) is 43.4 Å². The number of benzene rings is 1. The fraction of sp³-hybridized carbons (Fsp3) is 0.438. The largest absolute Gasteiger partial charge is 0.326 e. The van der Waals surface area contributed by atoms with Crippen LogP contribution in [0.2, 0.25) is 0 Å². The minimum atomic E-state index is -0.117. The molecule has 0 aliphatic carbocycles. The van der Waals surface area contributed by atoms with Gasteiger partial charge in [0, 0.05) is 12.1 Å². The molecule has 0 radical (unpaired) electrons. The summed E-state index contributed by atoms with van der Waals surface area (Å²) in [6.07, 6.45) is 3.16. The van der Waals surface area contributed by atoms with Gasteiger partial charge in [-0.25, -0.2) is 5.43 Å². The Kier molecular flexibility index (Phi) is 4.20. The molecule has 2 N–H and O–H groups in total. The number of carbonyl (C=O) groups excluding carboxylic acids is 2. The molecule has 2 amide bonds. The molecule has 116 valence electrons. The average molecular weight is 317 g/mol. The molecule has 6 heteroatoms. The maximum absolute atomic E-state index is 11.8. The molecule has 2 aliphatic rings. The SMILES string of the molecule is CCc1cc(C2=NNC(=O)SC2C)cc2c1NC(=O)CCC2. The molecule has 0 spiro atoms. The third-order valence-corrected chi connectivity index (χ3v) is 4.91. The van der Waals surface area contributed by atoms with Crippen molar-refractivity contribution in [2.45, 2.75) is 44.8 Å². The van der Waals surface area contributed by atoms with Crippen molar-refractivity contribution in [3.8, 4) is 0 Å². The molecule has 1 aromatic rings. The Labute approximate surface area is 133 Å². The van der Waals surface area contributed by atoms with Crippen molar-refractivity contribution in [2.75, 3.05) is 5.32 Å². The Hall–Kier alpha value is -1.82. The van der Waals surface area contributed by atoms with Gasteiger partial charge < -0.3 is 5.32 Å². The number of hydrogen-bond acceptors (Lipinski definition) is 4. The van der Waals surface area contributed by atoms with Gasteiger partial charge in [0.15, 0.2) is 0 Å². The summed E-state index contributed by atoms with van der Waals surface area (Å²) in [4.78, 5) is 23.2. The number of carbonyl (C=O) groups is 2. The van der Waals surface area contributed by atoms with Crippen LogP contribution in [0.25, 0.3) is 0 Å². The molecule has 0 saturated carbocycles. The highest BCUT2D eigenvalue weighted by atomic mass is 32.2. The fourth-order valence-corrected chi connectivity index (χ4v) is 3.65. The van der Waals surface area contributed by atoms with E-state index in [1.54, 1.807) is 0 Å². The molecule has 1 aromatic carbocycles. The van der Waals surface area contributed by atoms with E-state index in [0.717, 1.165) is 47.4 Å². The van der Waals surface area contributed by atoms with E-state index < -0.39 is 0 Å². The van der Waals surface area contributed by atoms with Gasteiger partial charge in [0.1, 0.15) is 0 Å². The number of hydrogen-bond donors (Lipinski definition) is 2. The molecule has 1 unspecified atom stereocenters. The van der Waals surface area contributed by atoms with E-state index in [2.05, 4.69) is 34.9 Å². The lowest BCUT2D eigenvalue weighted by Crippen LogP contribution is -2.30. The Morgan fingerprint density at radius 2 is 2.14 bits per heavy atom. The maximum atomic E-state index is 11.8. The lowest BCUT2D eigenvalue weighted by Gasteiger charge is -2.21. The molecule has 3 rings (SSSR count). The second-order valence-electron chi connectivity index (χ2n) is 5.58. The van der Waals surface area contributed by atoms with Gasteiger partial charge in [-0.15, -0.1) is 0 Å². The summed E-state index contributed by atoms with van der Waals surface area (Å²) < 4.78 is 0. The molecular weight excluding hydrogens is 298 g/mol. The first-order valence-electron chi connectivity index (χ1n) is 7.58. The van der Waals surface area contributed by atoms with Crippen LogP contribution in [0.3, 0.4) is 0 Å². The van der Waals surface area contributed by atoms with Gasteiger partial charge in [0.05, 0.1) is 11.0 Å². The van der Waals surface area contributed by atoms with Crippen LogP contribution in [-0.2, 0) is 17.6 Å². The second-order valence-corrected chi connectivity index (χ2v) is 6.89. The Bertz CT molecular complexity index is 670. The molecule has 1 atom stereocenters. The van der Waals surface area contributed by atoms with Crippen molar-refractivity contribution in [3.05, 3.63) is 28.8 Å². The predicted molar refractivity (Wildman–Crippen MR) is 89.5 cm³/mol. The third kappa shape index (κ3) is 2.88. The summed E-state index contributed by atoms with van der Waals surface area (Å²) in [6, 6.07) is 4.19. The molecule has 2 heterocycles. The van der Waals surface area contributed by atoms with Gasteiger partial charge in [0.25, 0.3) is 5.24 Å². The summed E-state index contributed by atoms with van der Waals surface area (Å²) in [5.41, 5.74) is 7.72. The van der Waals surface area contributed by atoms with Crippen LogP contribution in [-0.4, -0.2) is 22.1 Å². The standard InChI is InChI=1S/C16H19N3O2S/c1-3-10-7-12(14-9(2)22-16(21)19-18-14)8-11-5-4-6-13(20)17-15(10)11/h7-9H,3-6H2,1-2H3,(H,17,20)(H,19,21). The van der Waals surface area contributed by atoms with E-state index in [1.807, 2.05) is 6.92 Å². The first kappa shape index (κ1) is 15.1. The number of nitrogens with one attached hydrogen (secondary N) is 2. The normalized spacial score (nSPS) is 21.4. The van der Waals surface area contributed by atoms with Gasteiger partial charge >= 0.3 is 0 Å². The number of aryl methyl sites for hydroxylation is 2. The van der Waals surface area contributed by atoms with Gasteiger partial charge in [0.2, 0.25) is 5.91 Å². The maximum Gasteiger partial charge on any atom is 0.299 e. The van der Waals surface area contributed by atoms with E-state index in [0.29, 0.717) is 6.42 Å². The first-order valence-corrected chi connectivity index (χ1v) is 8.46. The van der Waals surface area contributed by atoms with E-state index in [4.69, 9.17) is 0 Å². The van der Waals surface area contributed by atoms with Gasteiger partial charge in [-0.1, -0.05) is 18.7 Å². The fourth-order valence-electron chi connectivity index (χ4n) is 2.93. The van der Waals surface area contributed by atoms with Crippen molar-refractivity contribution < 1.29 is 9.59 Å². The van der Waals surface area contributed by atoms with Crippen LogP contribution in [0, 0.1) is 0 Å². The summed E-state index contributed by atoms with van der Waals surface area (Å²) in [5.74, 6) is 0.0902. The topological polar surface area (TPSA) is 70.6 Å². The summed E-state index contributed by atoms with van der Waals surface area (Å²) in [7, 11) is 0. The van der Waals surface area contributed by atoms with Crippen LogP contribution in [0.4, 0.5) is 10.5 Å². The van der Waals surface area contributed by atoms with Crippen molar-refractivity contribution >= 4 is 34.3 Å². The highest BCUT2D eigenvalue weighted by Gasteiger charge is 2.24. The second kappa shape index (κ2) is 6.12. The number of fused-ring (bicyclic) bond motifs is 1. The lowest BCUT2D eigenvalue weighted by atomic mass is 9.95. The summed E-state index contributed by atoms with van der Waals surface area (Å²) >= 11 is 1.25. The van der Waals surface area contributed by atoms with E-state index in [1.165, 1.54) is 11.8 Å². The van der Waals surface area contributed by atoms with Crippen molar-refractivity contribution in [2.24, 2.45) is 5.10 Å². The van der Waals surface area contributed by atoms with Gasteiger partial charge in [-0.2, -0.15) is 5.10 Å². The summed E-state index contributed by atoms with van der Waals surface area (Å²) in [5, 5.41) is 7.18. The van der Waals surface area contributed by atoms with Crippen molar-refractivity contribution in [1.82, 2.24) is 5.43 Å². The molecule has 0 fully saturated rings. The monoisotopic (exact) mass is 317 g/mol. The van der Waals surface area contributed by atoms with Crippen molar-refractivity contribution in [3.63, 3.8) is 0 Å². The molecule has 0 bridgehead atoms. The molecule has 2 aliphatic heterocycles. The number of amides is 2. The molecule has 22 heavy (non-hydrogen) atoms. The Morgan fingerprint density at radius 1 is 1.32 bits per heavy atom. The number of hydrazone groups is 1. The number of thioether (sulfide) groups is 1. The first-order chi connectivity index (χ1) is 10.6. The molecular formula is C16H19N3O2S. The van der Waals surface area contributed by atoms with E-state index in [-0.39, 0.29) is 16.4 Å². The number of rotatable bonds is 2. The van der Waals surface area contributed by atoms with Gasteiger partial charge in [-0.05, 0) is 55.0 Å². The molecule has 0 aromatic heterocycles. The smallest absolute Gasteiger partial charge is 0.299 e. The molecule has 0 saturated heterocycles. The van der Waals surface area contributed by atoms with Crippen LogP contribution in [0.15, 0.2) is 17.2 Å². The van der Waals surface area contributed by atoms with Gasteiger partial charge in [-0.3, -0.25) is 9.59 Å². The minimum absolute atomic E-state index is 0.0249. The zero-order valence-corrected chi connectivity index (χ0v) is 13.5. The zero-order valence-electron chi connectivity index (χ0n) is 12.7. The zero-order chi connectivity index (χ0) is 15.7. The van der Waals surface area contributed by atoms with Crippen LogP contribution >= 0.6 is 11.8 Å². The third-order valence-electron chi connectivity index (χ3n) is 4.03. The Morgan fingerprint density at radius 3 is 2.86 bits per heavy atom. The Balaban J connectivity index is 2.05. The molecule has 5 nitrogen and oxygen atoms in total. The van der Waals surface area contributed by atoms with Crippen LogP contribution < -0.4 is 10.7 Å². The van der Waals surface area contributed by atoms with E-state index >= 15 is 0 Å². The summed E-state index contributed by atoms with van der Waals surface area (Å²) in [6.45, 7) is 4.07. The quantitative estimate of drug-likeness (QED) is 0.880. The minimum Gasteiger partial charge on any atom is -0.326 e. The highest BCUT2D eigenvalue weighted by Crippen LogP contribution is 2.30. The van der Waals surface area contributed by atoms with E-state index in [9.17, 15) is 9.59 Å². The number of nitrogens with zero attached hydrogens (tertiary/aromatic N) is 1. The highest BCUT2D eigenvalue weighted by molar-refractivity contribution is 8.14. The predicted octanol–water partition coefficient (Wildman–Crippen LogP) is 3.07.